The van der Waals surface area contributed by atoms with Crippen LogP contribution in [0.15, 0.2) is 54.9 Å². The number of likely N-dealkylation sites (tertiary alicyclic amines) is 1. The van der Waals surface area contributed by atoms with Gasteiger partial charge in [-0.25, -0.2) is 13.8 Å². The van der Waals surface area contributed by atoms with Gasteiger partial charge in [0, 0.05) is 43.0 Å². The average Bonchev–Trinajstić information content (AvgIpc) is 3.12. The molecule has 1 amide bonds. The maximum absolute atomic E-state index is 13.9. The summed E-state index contributed by atoms with van der Waals surface area (Å²) in [7, 11) is 0. The predicted molar refractivity (Wildman–Crippen MR) is 121 cm³/mol. The largest absolute Gasteiger partial charge is 0.358 e. The van der Waals surface area contributed by atoms with Crippen LogP contribution in [0.2, 0.25) is 0 Å². The maximum Gasteiger partial charge on any atom is 0.268 e. The number of nitrogens with zero attached hydrogens (tertiary/aromatic N) is 5. The predicted octanol–water partition coefficient (Wildman–Crippen LogP) is 3.70. The molecule has 2 fully saturated rings. The molecule has 174 valence electrons. The topological polar surface area (TPSA) is 82.4 Å². The standard InChI is InChI=1S/C25H23F2N5O2/c26-25(27)24(20-3-1-5-21-19(20)4-2-10-29-21)34-15-23(33)31-13-17-7-8-18(14-31)32(17)22-9-6-16(11-28)12-30-22/h1-6,9-10,12,17-18,24-25H,7-8,13-15H2/t17-,18?,24?/m0/s1. The van der Waals surface area contributed by atoms with E-state index in [2.05, 4.69) is 20.9 Å². The molecule has 2 saturated heterocycles. The number of piperazine rings is 1. The van der Waals surface area contributed by atoms with Crippen molar-refractivity contribution in [3.8, 4) is 6.07 Å². The van der Waals surface area contributed by atoms with Gasteiger partial charge >= 0.3 is 0 Å². The van der Waals surface area contributed by atoms with Gasteiger partial charge in [0.25, 0.3) is 6.43 Å². The van der Waals surface area contributed by atoms with Gasteiger partial charge in [-0.3, -0.25) is 9.78 Å². The van der Waals surface area contributed by atoms with E-state index in [0.29, 0.717) is 35.1 Å². The fraction of sp³-hybridized carbons (Fsp3) is 0.360. The second-order valence-corrected chi connectivity index (χ2v) is 8.59. The highest BCUT2D eigenvalue weighted by molar-refractivity contribution is 5.82. The van der Waals surface area contributed by atoms with Gasteiger partial charge in [0.2, 0.25) is 5.91 Å². The highest BCUT2D eigenvalue weighted by Crippen LogP contribution is 2.34. The molecule has 5 rings (SSSR count). The van der Waals surface area contributed by atoms with Crippen LogP contribution >= 0.6 is 0 Å². The minimum atomic E-state index is -2.78. The number of rotatable bonds is 6. The molecule has 0 spiro atoms. The zero-order valence-corrected chi connectivity index (χ0v) is 18.3. The van der Waals surface area contributed by atoms with Gasteiger partial charge in [0.15, 0.2) is 0 Å². The van der Waals surface area contributed by atoms with Gasteiger partial charge in [0.1, 0.15) is 24.6 Å². The van der Waals surface area contributed by atoms with Crippen LogP contribution in [0.5, 0.6) is 0 Å². The van der Waals surface area contributed by atoms with E-state index in [4.69, 9.17) is 10.00 Å². The summed E-state index contributed by atoms with van der Waals surface area (Å²) in [5.74, 6) is 0.491. The van der Waals surface area contributed by atoms with E-state index < -0.39 is 19.1 Å². The average molecular weight is 463 g/mol. The van der Waals surface area contributed by atoms with Crippen molar-refractivity contribution in [3.05, 3.63) is 66.0 Å². The lowest BCUT2D eigenvalue weighted by atomic mass is 10.0. The van der Waals surface area contributed by atoms with E-state index in [1.165, 1.54) is 0 Å². The summed E-state index contributed by atoms with van der Waals surface area (Å²) in [6.45, 7) is 0.552. The number of hydrogen-bond donors (Lipinski definition) is 0. The van der Waals surface area contributed by atoms with Crippen LogP contribution in [0.1, 0.15) is 30.1 Å². The number of anilines is 1. The van der Waals surface area contributed by atoms with E-state index in [0.717, 1.165) is 18.7 Å². The molecule has 4 heterocycles. The molecule has 34 heavy (non-hydrogen) atoms. The summed E-state index contributed by atoms with van der Waals surface area (Å²) in [5, 5.41) is 9.58. The number of nitriles is 1. The Hall–Kier alpha value is -3.64. The molecule has 9 heteroatoms. The Kier molecular flexibility index (Phi) is 6.07. The van der Waals surface area contributed by atoms with Gasteiger partial charge in [-0.05, 0) is 42.7 Å². The number of hydrogen-bond acceptors (Lipinski definition) is 6. The second kappa shape index (κ2) is 9.31. The number of amides is 1. The normalized spacial score (nSPS) is 20.5. The highest BCUT2D eigenvalue weighted by atomic mass is 19.3. The lowest BCUT2D eigenvalue weighted by Gasteiger charge is -2.41. The molecule has 3 aromatic rings. The van der Waals surface area contributed by atoms with Crippen LogP contribution in [0, 0.1) is 11.3 Å². The van der Waals surface area contributed by atoms with Crippen LogP contribution in [-0.2, 0) is 9.53 Å². The summed E-state index contributed by atoms with van der Waals surface area (Å²) < 4.78 is 33.4. The van der Waals surface area contributed by atoms with Crippen molar-refractivity contribution >= 4 is 22.6 Å². The van der Waals surface area contributed by atoms with Crippen molar-refractivity contribution in [2.24, 2.45) is 0 Å². The Balaban J connectivity index is 1.26. The van der Waals surface area contributed by atoms with Gasteiger partial charge in [-0.2, -0.15) is 5.26 Å². The van der Waals surface area contributed by atoms with Crippen molar-refractivity contribution in [2.75, 3.05) is 24.6 Å². The molecule has 0 N–H and O–H groups in total. The third-order valence-corrected chi connectivity index (χ3v) is 6.58. The summed E-state index contributed by atoms with van der Waals surface area (Å²) in [6.07, 6.45) is 0.689. The molecule has 0 saturated carbocycles. The minimum Gasteiger partial charge on any atom is -0.358 e. The Morgan fingerprint density at radius 2 is 1.91 bits per heavy atom. The number of pyridine rings is 2. The van der Waals surface area contributed by atoms with E-state index in [1.807, 2.05) is 6.07 Å². The van der Waals surface area contributed by atoms with Crippen LogP contribution in [0.25, 0.3) is 10.9 Å². The Bertz CT molecular complexity index is 1210. The number of aromatic nitrogens is 2. The molecule has 2 bridgehead atoms. The monoisotopic (exact) mass is 463 g/mol. The van der Waals surface area contributed by atoms with E-state index >= 15 is 0 Å². The molecule has 2 aromatic heterocycles. The smallest absolute Gasteiger partial charge is 0.268 e. The molecule has 2 unspecified atom stereocenters. The quantitative estimate of drug-likeness (QED) is 0.554. The molecule has 1 aromatic carbocycles. The lowest BCUT2D eigenvalue weighted by molar-refractivity contribution is -0.143. The van der Waals surface area contributed by atoms with Crippen molar-refractivity contribution in [1.29, 1.82) is 5.26 Å². The number of fused-ring (bicyclic) bond motifs is 3. The van der Waals surface area contributed by atoms with Gasteiger partial charge < -0.3 is 14.5 Å². The van der Waals surface area contributed by atoms with Gasteiger partial charge in [0.05, 0.1) is 11.1 Å². The SMILES string of the molecule is N#Cc1ccc(N2C3CC[C@H]2CN(C(=O)COC(c2cccc4ncccc24)C(F)F)C3)nc1. The van der Waals surface area contributed by atoms with E-state index in [9.17, 15) is 13.6 Å². The van der Waals surface area contributed by atoms with Gasteiger partial charge in [-0.1, -0.05) is 18.2 Å². The third kappa shape index (κ3) is 4.17. The van der Waals surface area contributed by atoms with Crippen LogP contribution in [0.3, 0.4) is 0 Å². The highest BCUT2D eigenvalue weighted by Gasteiger charge is 2.42. The summed E-state index contributed by atoms with van der Waals surface area (Å²) in [4.78, 5) is 25.5. The first-order valence-corrected chi connectivity index (χ1v) is 11.2. The lowest BCUT2D eigenvalue weighted by Crippen LogP contribution is -2.56. The van der Waals surface area contributed by atoms with E-state index in [-0.39, 0.29) is 18.0 Å². The molecule has 3 atom stereocenters. The zero-order valence-electron chi connectivity index (χ0n) is 18.3. The Labute approximate surface area is 195 Å². The molecule has 0 aliphatic carbocycles. The molecule has 0 radical (unpaired) electrons. The number of benzene rings is 1. The van der Waals surface area contributed by atoms with Crippen molar-refractivity contribution < 1.29 is 18.3 Å². The Morgan fingerprint density at radius 3 is 2.59 bits per heavy atom. The van der Waals surface area contributed by atoms with Crippen molar-refractivity contribution in [3.63, 3.8) is 0 Å². The van der Waals surface area contributed by atoms with Crippen molar-refractivity contribution in [1.82, 2.24) is 14.9 Å². The molecule has 7 nitrogen and oxygen atoms in total. The first-order valence-electron chi connectivity index (χ1n) is 11.2. The number of carbonyl (C=O) groups is 1. The molecular formula is C25H23F2N5O2. The fourth-order valence-electron chi connectivity index (χ4n) is 5.01. The second-order valence-electron chi connectivity index (χ2n) is 8.59. The molecular weight excluding hydrogens is 440 g/mol. The third-order valence-electron chi connectivity index (χ3n) is 6.58. The first kappa shape index (κ1) is 22.2. The minimum absolute atomic E-state index is 0.0955. The van der Waals surface area contributed by atoms with Crippen LogP contribution in [0.4, 0.5) is 14.6 Å². The summed E-state index contributed by atoms with van der Waals surface area (Å²) in [6, 6.07) is 14.3. The number of carbonyl (C=O) groups excluding carboxylic acids is 1. The van der Waals surface area contributed by atoms with Crippen molar-refractivity contribution in [2.45, 2.75) is 37.5 Å². The number of alkyl halides is 2. The summed E-state index contributed by atoms with van der Waals surface area (Å²) in [5.41, 5.74) is 1.42. The first-order chi connectivity index (χ1) is 16.5. The Morgan fingerprint density at radius 1 is 1.12 bits per heavy atom. The number of ether oxygens (including phenoxy) is 1. The summed E-state index contributed by atoms with van der Waals surface area (Å²) >= 11 is 0. The zero-order chi connectivity index (χ0) is 23.7. The molecule has 2 aliphatic rings. The molecule has 2 aliphatic heterocycles. The van der Waals surface area contributed by atoms with Crippen LogP contribution < -0.4 is 4.90 Å². The maximum atomic E-state index is 13.9. The van der Waals surface area contributed by atoms with Gasteiger partial charge in [-0.15, -0.1) is 0 Å². The fourth-order valence-corrected chi connectivity index (χ4v) is 5.01. The van der Waals surface area contributed by atoms with Crippen LogP contribution in [-0.4, -0.2) is 59.0 Å². The van der Waals surface area contributed by atoms with E-state index in [1.54, 1.807) is 53.7 Å². The number of halogens is 2.